The van der Waals surface area contributed by atoms with Crippen LogP contribution in [0.1, 0.15) is 52.9 Å². The molecule has 1 aliphatic carbocycles. The molecule has 0 spiro atoms. The standard InChI is InChI=1S/C13H29N3O3S/c1-13(2,3)16-20(17,18)15-9-4-10-19-12-7-5-11(14)6-8-12/h11-12,15-16H,4-10,14H2,1-3H3. The van der Waals surface area contributed by atoms with Crippen molar-refractivity contribution in [2.24, 2.45) is 5.73 Å². The van der Waals surface area contributed by atoms with Gasteiger partial charge >= 0.3 is 0 Å². The van der Waals surface area contributed by atoms with Gasteiger partial charge in [-0.05, 0) is 52.9 Å². The predicted molar refractivity (Wildman–Crippen MR) is 80.6 cm³/mol. The van der Waals surface area contributed by atoms with E-state index in [2.05, 4.69) is 9.44 Å². The molecular weight excluding hydrogens is 278 g/mol. The molecule has 0 atom stereocenters. The molecule has 1 aliphatic rings. The minimum absolute atomic E-state index is 0.291. The second-order valence-electron chi connectivity index (χ2n) is 6.51. The van der Waals surface area contributed by atoms with Crippen LogP contribution in [0.3, 0.4) is 0 Å². The Balaban J connectivity index is 2.10. The molecule has 120 valence electrons. The highest BCUT2D eigenvalue weighted by molar-refractivity contribution is 7.87. The van der Waals surface area contributed by atoms with Crippen molar-refractivity contribution in [3.05, 3.63) is 0 Å². The fraction of sp³-hybridized carbons (Fsp3) is 1.00. The number of hydrogen-bond donors (Lipinski definition) is 3. The van der Waals surface area contributed by atoms with Gasteiger partial charge in [0.25, 0.3) is 10.2 Å². The first-order chi connectivity index (χ1) is 9.18. The Morgan fingerprint density at radius 2 is 1.80 bits per heavy atom. The van der Waals surface area contributed by atoms with E-state index >= 15 is 0 Å². The highest BCUT2D eigenvalue weighted by Crippen LogP contribution is 2.19. The van der Waals surface area contributed by atoms with Crippen molar-refractivity contribution in [2.75, 3.05) is 13.2 Å². The summed E-state index contributed by atoms with van der Waals surface area (Å²) in [5, 5.41) is 0. The molecular formula is C13H29N3O3S. The van der Waals surface area contributed by atoms with Crippen LogP contribution in [-0.2, 0) is 14.9 Å². The number of nitrogens with two attached hydrogens (primary N) is 1. The van der Waals surface area contributed by atoms with Gasteiger partial charge in [0.1, 0.15) is 0 Å². The maximum absolute atomic E-state index is 11.7. The van der Waals surface area contributed by atoms with Gasteiger partial charge in [-0.1, -0.05) is 0 Å². The molecule has 4 N–H and O–H groups in total. The van der Waals surface area contributed by atoms with Crippen LogP contribution < -0.4 is 15.2 Å². The molecule has 0 amide bonds. The number of rotatable bonds is 7. The van der Waals surface area contributed by atoms with Gasteiger partial charge < -0.3 is 10.5 Å². The highest BCUT2D eigenvalue weighted by Gasteiger charge is 2.20. The van der Waals surface area contributed by atoms with Crippen LogP contribution in [0, 0.1) is 0 Å². The van der Waals surface area contributed by atoms with E-state index in [9.17, 15) is 8.42 Å². The first kappa shape index (κ1) is 17.8. The first-order valence-corrected chi connectivity index (χ1v) is 8.82. The largest absolute Gasteiger partial charge is 0.378 e. The highest BCUT2D eigenvalue weighted by atomic mass is 32.2. The zero-order chi connectivity index (χ0) is 15.2. The molecule has 0 aliphatic heterocycles. The predicted octanol–water partition coefficient (Wildman–Crippen LogP) is 0.886. The van der Waals surface area contributed by atoms with Crippen LogP contribution in [0.2, 0.25) is 0 Å². The quantitative estimate of drug-likeness (QED) is 0.609. The molecule has 0 heterocycles. The smallest absolute Gasteiger partial charge is 0.277 e. The van der Waals surface area contributed by atoms with Crippen LogP contribution in [0.5, 0.6) is 0 Å². The Morgan fingerprint density at radius 1 is 1.20 bits per heavy atom. The third-order valence-electron chi connectivity index (χ3n) is 3.13. The zero-order valence-corrected chi connectivity index (χ0v) is 13.6. The van der Waals surface area contributed by atoms with Crippen LogP contribution in [0.4, 0.5) is 0 Å². The van der Waals surface area contributed by atoms with Gasteiger partial charge in [-0.2, -0.15) is 13.1 Å². The number of ether oxygens (including phenoxy) is 1. The average Bonchev–Trinajstić information content (AvgIpc) is 2.28. The molecule has 1 fully saturated rings. The lowest BCUT2D eigenvalue weighted by atomic mass is 9.94. The lowest BCUT2D eigenvalue weighted by Crippen LogP contribution is -2.47. The van der Waals surface area contributed by atoms with E-state index in [1.807, 2.05) is 20.8 Å². The fourth-order valence-corrected chi connectivity index (χ4v) is 3.51. The third kappa shape index (κ3) is 8.16. The second-order valence-corrected chi connectivity index (χ2v) is 8.01. The van der Waals surface area contributed by atoms with Crippen molar-refractivity contribution in [2.45, 2.75) is 70.6 Å². The Labute approximate surface area is 123 Å². The molecule has 0 saturated heterocycles. The van der Waals surface area contributed by atoms with Gasteiger partial charge in [0, 0.05) is 24.7 Å². The van der Waals surface area contributed by atoms with E-state index in [1.165, 1.54) is 0 Å². The normalized spacial score (nSPS) is 24.8. The van der Waals surface area contributed by atoms with Crippen molar-refractivity contribution in [3.8, 4) is 0 Å². The molecule has 1 rings (SSSR count). The lowest BCUT2D eigenvalue weighted by molar-refractivity contribution is 0.0245. The SMILES string of the molecule is CC(C)(C)NS(=O)(=O)NCCCOC1CCC(N)CC1. The molecule has 0 unspecified atom stereocenters. The summed E-state index contributed by atoms with van der Waals surface area (Å²) in [5.74, 6) is 0. The van der Waals surface area contributed by atoms with Crippen molar-refractivity contribution in [3.63, 3.8) is 0 Å². The van der Waals surface area contributed by atoms with E-state index in [4.69, 9.17) is 10.5 Å². The summed E-state index contributed by atoms with van der Waals surface area (Å²) < 4.78 is 34.1. The molecule has 0 aromatic rings. The first-order valence-electron chi connectivity index (χ1n) is 7.34. The maximum atomic E-state index is 11.7. The summed E-state index contributed by atoms with van der Waals surface area (Å²) in [4.78, 5) is 0. The topological polar surface area (TPSA) is 93.5 Å². The maximum Gasteiger partial charge on any atom is 0.277 e. The minimum Gasteiger partial charge on any atom is -0.378 e. The Morgan fingerprint density at radius 3 is 2.35 bits per heavy atom. The Kier molecular flexibility index (Phi) is 6.87. The Hall–Kier alpha value is -0.210. The molecule has 0 bridgehead atoms. The van der Waals surface area contributed by atoms with Gasteiger partial charge in [0.05, 0.1) is 6.10 Å². The fourth-order valence-electron chi connectivity index (χ4n) is 2.22. The van der Waals surface area contributed by atoms with Gasteiger partial charge in [0.15, 0.2) is 0 Å². The summed E-state index contributed by atoms with van der Waals surface area (Å²) in [6.45, 7) is 6.39. The third-order valence-corrected chi connectivity index (χ3v) is 4.59. The van der Waals surface area contributed by atoms with E-state index < -0.39 is 15.7 Å². The molecule has 0 aromatic carbocycles. The van der Waals surface area contributed by atoms with Crippen molar-refractivity contribution in [1.29, 1.82) is 0 Å². The molecule has 0 radical (unpaired) electrons. The Bertz CT molecular complexity index is 371. The summed E-state index contributed by atoms with van der Waals surface area (Å²) >= 11 is 0. The van der Waals surface area contributed by atoms with E-state index in [1.54, 1.807) is 0 Å². The average molecular weight is 307 g/mol. The van der Waals surface area contributed by atoms with Crippen LogP contribution in [-0.4, -0.2) is 39.3 Å². The number of hydrogen-bond acceptors (Lipinski definition) is 4. The van der Waals surface area contributed by atoms with Gasteiger partial charge in [-0.25, -0.2) is 4.72 Å². The minimum atomic E-state index is -3.42. The summed E-state index contributed by atoms with van der Waals surface area (Å²) in [6, 6.07) is 0.324. The zero-order valence-electron chi connectivity index (χ0n) is 12.8. The molecule has 0 aromatic heterocycles. The van der Waals surface area contributed by atoms with Crippen molar-refractivity contribution < 1.29 is 13.2 Å². The van der Waals surface area contributed by atoms with Gasteiger partial charge in [-0.15, -0.1) is 0 Å². The summed E-state index contributed by atoms with van der Waals surface area (Å²) in [5.41, 5.74) is 5.36. The van der Waals surface area contributed by atoms with Gasteiger partial charge in [0.2, 0.25) is 0 Å². The lowest BCUT2D eigenvalue weighted by Gasteiger charge is -2.26. The van der Waals surface area contributed by atoms with Gasteiger partial charge in [-0.3, -0.25) is 0 Å². The van der Waals surface area contributed by atoms with E-state index in [-0.39, 0.29) is 0 Å². The number of nitrogens with one attached hydrogen (secondary N) is 2. The van der Waals surface area contributed by atoms with Crippen LogP contribution in [0.15, 0.2) is 0 Å². The van der Waals surface area contributed by atoms with Crippen LogP contribution >= 0.6 is 0 Å². The van der Waals surface area contributed by atoms with E-state index in [0.29, 0.717) is 31.7 Å². The van der Waals surface area contributed by atoms with Crippen molar-refractivity contribution >= 4 is 10.2 Å². The van der Waals surface area contributed by atoms with Crippen molar-refractivity contribution in [1.82, 2.24) is 9.44 Å². The molecule has 1 saturated carbocycles. The molecule has 6 nitrogen and oxygen atoms in total. The second kappa shape index (κ2) is 7.70. The summed E-state index contributed by atoms with van der Waals surface area (Å²) in [6.07, 6.45) is 5.03. The van der Waals surface area contributed by atoms with Crippen LogP contribution in [0.25, 0.3) is 0 Å². The van der Waals surface area contributed by atoms with E-state index in [0.717, 1.165) is 25.7 Å². The monoisotopic (exact) mass is 307 g/mol. The summed E-state index contributed by atoms with van der Waals surface area (Å²) in [7, 11) is -3.42. The molecule has 7 heteroatoms. The molecule has 20 heavy (non-hydrogen) atoms.